The Hall–Kier alpha value is -1.76. The molecule has 6 nitrogen and oxygen atoms in total. The van der Waals surface area contributed by atoms with Crippen LogP contribution in [-0.2, 0) is 14.8 Å². The van der Waals surface area contributed by atoms with Crippen LogP contribution in [0.3, 0.4) is 0 Å². The third-order valence-corrected chi connectivity index (χ3v) is 6.36. The number of carbonyl (C=O) groups excluding carboxylic acids is 1. The molecule has 1 aromatic carbocycles. The molecule has 2 rings (SSSR count). The van der Waals surface area contributed by atoms with Crippen molar-refractivity contribution in [3.8, 4) is 5.75 Å². The highest BCUT2D eigenvalue weighted by molar-refractivity contribution is 7.92. The highest BCUT2D eigenvalue weighted by atomic mass is 32.2. The van der Waals surface area contributed by atoms with Crippen LogP contribution in [0.2, 0.25) is 0 Å². The lowest BCUT2D eigenvalue weighted by Crippen LogP contribution is -2.51. The van der Waals surface area contributed by atoms with Crippen LogP contribution in [-0.4, -0.2) is 39.3 Å². The van der Waals surface area contributed by atoms with Gasteiger partial charge in [-0.2, -0.15) is 0 Å². The number of nitrogens with one attached hydrogen (secondary N) is 1. The summed E-state index contributed by atoms with van der Waals surface area (Å²) in [5, 5.41) is 3.12. The first-order chi connectivity index (χ1) is 13.4. The number of hydrogen-bond donors (Lipinski definition) is 1. The first-order valence-electron chi connectivity index (χ1n) is 10.4. The molecule has 0 spiro atoms. The lowest BCUT2D eigenvalue weighted by atomic mass is 9.96. The average Bonchev–Trinajstić information content (AvgIpc) is 2.62. The van der Waals surface area contributed by atoms with E-state index in [1.165, 1.54) is 23.6 Å². The summed E-state index contributed by atoms with van der Waals surface area (Å²) < 4.78 is 31.8. The molecular weight excluding hydrogens is 376 g/mol. The fourth-order valence-electron chi connectivity index (χ4n) is 3.81. The zero-order valence-electron chi connectivity index (χ0n) is 17.3. The Kier molecular flexibility index (Phi) is 8.60. The third kappa shape index (κ3) is 6.40. The summed E-state index contributed by atoms with van der Waals surface area (Å²) in [7, 11) is -3.62. The number of benzene rings is 1. The lowest BCUT2D eigenvalue weighted by molar-refractivity contribution is -0.123. The Balaban J connectivity index is 2.20. The predicted octanol–water partition coefficient (Wildman–Crippen LogP) is 3.86. The van der Waals surface area contributed by atoms with Gasteiger partial charge in [-0.1, -0.05) is 39.0 Å². The molecule has 1 fully saturated rings. The van der Waals surface area contributed by atoms with Crippen molar-refractivity contribution in [3.63, 3.8) is 0 Å². The summed E-state index contributed by atoms with van der Waals surface area (Å²) in [5.41, 5.74) is 0.477. The van der Waals surface area contributed by atoms with Gasteiger partial charge in [0.25, 0.3) is 0 Å². The summed E-state index contributed by atoms with van der Waals surface area (Å²) in [5.74, 6) is 0.458. The molecule has 1 aliphatic rings. The van der Waals surface area contributed by atoms with Crippen LogP contribution in [0.15, 0.2) is 24.3 Å². The van der Waals surface area contributed by atoms with E-state index in [-0.39, 0.29) is 11.9 Å². The maximum atomic E-state index is 13.0. The Morgan fingerprint density at radius 1 is 1.11 bits per heavy atom. The number of nitrogens with zero attached hydrogens (tertiary/aromatic N) is 1. The number of rotatable bonds is 8. The van der Waals surface area contributed by atoms with Crippen molar-refractivity contribution in [2.75, 3.05) is 17.2 Å². The Labute approximate surface area is 169 Å². The monoisotopic (exact) mass is 410 g/mol. The molecule has 1 aromatic rings. The Bertz CT molecular complexity index is 710. The van der Waals surface area contributed by atoms with Crippen LogP contribution >= 0.6 is 0 Å². The van der Waals surface area contributed by atoms with Gasteiger partial charge in [-0.25, -0.2) is 8.42 Å². The average molecular weight is 411 g/mol. The smallest absolute Gasteiger partial charge is 0.244 e. The number of ether oxygens (including phenoxy) is 1. The topological polar surface area (TPSA) is 75.7 Å². The molecule has 1 atom stereocenters. The molecule has 1 saturated carbocycles. The summed E-state index contributed by atoms with van der Waals surface area (Å²) in [6, 6.07) is 6.21. The second kappa shape index (κ2) is 10.7. The minimum absolute atomic E-state index is 0.128. The number of amides is 1. The largest absolute Gasteiger partial charge is 0.494 e. The second-order valence-electron chi connectivity index (χ2n) is 7.46. The summed E-state index contributed by atoms with van der Waals surface area (Å²) in [6.45, 7) is 4.27. The van der Waals surface area contributed by atoms with Crippen LogP contribution < -0.4 is 14.4 Å². The maximum absolute atomic E-state index is 13.0. The maximum Gasteiger partial charge on any atom is 0.244 e. The van der Waals surface area contributed by atoms with Crippen LogP contribution in [0.1, 0.15) is 65.2 Å². The van der Waals surface area contributed by atoms with Gasteiger partial charge in [0.05, 0.1) is 18.6 Å². The van der Waals surface area contributed by atoms with E-state index in [0.29, 0.717) is 24.5 Å². The lowest BCUT2D eigenvalue weighted by Gasteiger charge is -2.32. The van der Waals surface area contributed by atoms with Crippen molar-refractivity contribution in [1.82, 2.24) is 5.32 Å². The van der Waals surface area contributed by atoms with E-state index in [4.69, 9.17) is 4.74 Å². The van der Waals surface area contributed by atoms with Gasteiger partial charge in [0.1, 0.15) is 11.8 Å². The molecule has 0 radical (unpaired) electrons. The van der Waals surface area contributed by atoms with Gasteiger partial charge in [-0.3, -0.25) is 9.10 Å². The minimum atomic E-state index is -3.62. The summed E-state index contributed by atoms with van der Waals surface area (Å²) in [6.07, 6.45) is 9.35. The van der Waals surface area contributed by atoms with Crippen molar-refractivity contribution >= 4 is 21.6 Å². The summed E-state index contributed by atoms with van der Waals surface area (Å²) in [4.78, 5) is 13.0. The molecule has 7 heteroatoms. The van der Waals surface area contributed by atoms with Crippen molar-refractivity contribution in [3.05, 3.63) is 24.3 Å². The second-order valence-corrected chi connectivity index (χ2v) is 9.32. The van der Waals surface area contributed by atoms with Gasteiger partial charge in [-0.15, -0.1) is 0 Å². The van der Waals surface area contributed by atoms with Crippen LogP contribution in [0.4, 0.5) is 5.69 Å². The molecular formula is C21H34N2O4S. The minimum Gasteiger partial charge on any atom is -0.494 e. The fraction of sp³-hybridized carbons (Fsp3) is 0.667. The molecule has 1 aliphatic carbocycles. The molecule has 1 N–H and O–H groups in total. The first kappa shape index (κ1) is 22.5. The van der Waals surface area contributed by atoms with Crippen molar-refractivity contribution in [2.45, 2.75) is 77.3 Å². The van der Waals surface area contributed by atoms with E-state index in [9.17, 15) is 13.2 Å². The van der Waals surface area contributed by atoms with Gasteiger partial charge in [0.15, 0.2) is 0 Å². The highest BCUT2D eigenvalue weighted by Crippen LogP contribution is 2.26. The molecule has 1 amide bonds. The van der Waals surface area contributed by atoms with Gasteiger partial charge >= 0.3 is 0 Å². The normalized spacial score (nSPS) is 17.2. The van der Waals surface area contributed by atoms with Gasteiger partial charge in [-0.05, 0) is 50.5 Å². The van der Waals surface area contributed by atoms with Gasteiger partial charge in [0, 0.05) is 6.04 Å². The SMILES string of the molecule is CCOc1ccc(N([C@H](CC)C(=O)NC2CCCCCCC2)S(C)(=O)=O)cc1. The molecule has 0 unspecified atom stereocenters. The highest BCUT2D eigenvalue weighted by Gasteiger charge is 2.32. The van der Waals surface area contributed by atoms with E-state index in [1.54, 1.807) is 24.3 Å². The third-order valence-electron chi connectivity index (χ3n) is 5.18. The van der Waals surface area contributed by atoms with E-state index in [1.807, 2.05) is 13.8 Å². The molecule has 0 bridgehead atoms. The van der Waals surface area contributed by atoms with Crippen LogP contribution in [0, 0.1) is 0 Å². The Morgan fingerprint density at radius 2 is 1.68 bits per heavy atom. The van der Waals surface area contributed by atoms with Crippen molar-refractivity contribution in [1.29, 1.82) is 0 Å². The zero-order valence-corrected chi connectivity index (χ0v) is 18.1. The standard InChI is InChI=1S/C21H34N2O4S/c1-4-20(21(24)22-17-11-9-7-6-8-10-12-17)23(28(3,25)26)18-13-15-19(16-14-18)27-5-2/h13-17,20H,4-12H2,1-3H3,(H,22,24)/t20-/m1/s1. The first-order valence-corrected chi connectivity index (χ1v) is 12.2. The van der Waals surface area contributed by atoms with E-state index in [2.05, 4.69) is 5.32 Å². The van der Waals surface area contributed by atoms with E-state index < -0.39 is 16.1 Å². The fourth-order valence-corrected chi connectivity index (χ4v) is 5.03. The Morgan fingerprint density at radius 3 is 2.18 bits per heavy atom. The molecule has 0 aromatic heterocycles. The van der Waals surface area contributed by atoms with E-state index >= 15 is 0 Å². The number of carbonyl (C=O) groups is 1. The van der Waals surface area contributed by atoms with Crippen molar-refractivity contribution in [2.24, 2.45) is 0 Å². The quantitative estimate of drug-likeness (QED) is 0.706. The van der Waals surface area contributed by atoms with Crippen LogP contribution in [0.25, 0.3) is 0 Å². The molecule has 28 heavy (non-hydrogen) atoms. The zero-order chi connectivity index (χ0) is 20.6. The van der Waals surface area contributed by atoms with E-state index in [0.717, 1.165) is 31.9 Å². The molecule has 0 saturated heterocycles. The summed E-state index contributed by atoms with van der Waals surface area (Å²) >= 11 is 0. The van der Waals surface area contributed by atoms with Gasteiger partial charge in [0.2, 0.25) is 15.9 Å². The molecule has 0 aliphatic heterocycles. The number of hydrogen-bond acceptors (Lipinski definition) is 4. The van der Waals surface area contributed by atoms with Crippen molar-refractivity contribution < 1.29 is 17.9 Å². The molecule has 0 heterocycles. The van der Waals surface area contributed by atoms with Crippen LogP contribution in [0.5, 0.6) is 5.75 Å². The number of sulfonamides is 1. The number of anilines is 1. The molecule has 158 valence electrons. The van der Waals surface area contributed by atoms with Gasteiger partial charge < -0.3 is 10.1 Å². The predicted molar refractivity (Wildman–Crippen MR) is 113 cm³/mol.